The first kappa shape index (κ1) is 15.8. The fourth-order valence-corrected chi connectivity index (χ4v) is 2.23. The molecule has 0 bridgehead atoms. The van der Waals surface area contributed by atoms with Crippen molar-refractivity contribution in [2.75, 3.05) is 6.61 Å². The van der Waals surface area contributed by atoms with Crippen molar-refractivity contribution in [1.29, 1.82) is 0 Å². The molecule has 2 aromatic rings. The molecule has 0 unspecified atom stereocenters. The number of hydrogen-bond donors (Lipinski definition) is 0. The number of carbonyl (C=O) groups is 1. The van der Waals surface area contributed by atoms with Gasteiger partial charge in [0.05, 0.1) is 5.56 Å². The van der Waals surface area contributed by atoms with Gasteiger partial charge in [0.15, 0.2) is 12.1 Å². The normalized spacial score (nSPS) is 16.2. The van der Waals surface area contributed by atoms with E-state index in [1.54, 1.807) is 0 Å². The molecule has 0 spiro atoms. The van der Waals surface area contributed by atoms with Crippen molar-refractivity contribution in [2.24, 2.45) is 5.41 Å². The van der Waals surface area contributed by atoms with Gasteiger partial charge in [-0.3, -0.25) is 4.79 Å². The number of ether oxygens (including phenoxy) is 1. The third-order valence-electron chi connectivity index (χ3n) is 3.74. The van der Waals surface area contributed by atoms with Gasteiger partial charge in [-0.2, -0.15) is 13.2 Å². The van der Waals surface area contributed by atoms with Crippen molar-refractivity contribution >= 4 is 17.9 Å². The van der Waals surface area contributed by atoms with Crippen LogP contribution in [0.15, 0.2) is 24.4 Å². The van der Waals surface area contributed by atoms with Gasteiger partial charge in [0.1, 0.15) is 17.2 Å². The molecule has 1 aliphatic rings. The Bertz CT molecular complexity index is 741. The Morgan fingerprint density at radius 1 is 1.35 bits per heavy atom. The van der Waals surface area contributed by atoms with Crippen molar-refractivity contribution in [1.82, 2.24) is 14.8 Å². The summed E-state index contributed by atoms with van der Waals surface area (Å²) in [7, 11) is 0. The average Bonchev–Trinajstić information content (AvgIpc) is 3.16. The lowest BCUT2D eigenvalue weighted by Crippen LogP contribution is -2.30. The summed E-state index contributed by atoms with van der Waals surface area (Å²) in [5, 5.41) is 4.03. The summed E-state index contributed by atoms with van der Waals surface area (Å²) in [6.45, 7) is -0.453. The highest BCUT2D eigenvalue weighted by molar-refractivity contribution is 6.31. The number of halogens is 4. The fraction of sp³-hybridized carbons (Fsp3) is 0.357. The minimum atomic E-state index is -4.27. The van der Waals surface area contributed by atoms with Crippen molar-refractivity contribution in [3.05, 3.63) is 35.1 Å². The molecule has 2 aromatic heterocycles. The molecule has 0 amide bonds. The second-order valence-electron chi connectivity index (χ2n) is 5.33. The molecule has 5 nitrogen and oxygen atoms in total. The van der Waals surface area contributed by atoms with E-state index < -0.39 is 18.2 Å². The zero-order valence-electron chi connectivity index (χ0n) is 11.7. The SMILES string of the molecule is O=Cc1ccc(-n2ccc(OCC3(C(F)(F)F)CC3)n2)nc1Cl. The van der Waals surface area contributed by atoms with Gasteiger partial charge in [-0.15, -0.1) is 5.10 Å². The zero-order valence-corrected chi connectivity index (χ0v) is 12.4. The Hall–Kier alpha value is -2.09. The van der Waals surface area contributed by atoms with Crippen LogP contribution in [-0.2, 0) is 0 Å². The number of aldehydes is 1. The molecule has 1 saturated carbocycles. The van der Waals surface area contributed by atoms with Crippen LogP contribution in [0, 0.1) is 5.41 Å². The van der Waals surface area contributed by atoms with E-state index in [4.69, 9.17) is 16.3 Å². The van der Waals surface area contributed by atoms with Gasteiger partial charge in [0, 0.05) is 12.3 Å². The molecule has 1 aliphatic carbocycles. The molecule has 122 valence electrons. The van der Waals surface area contributed by atoms with Crippen LogP contribution in [0.4, 0.5) is 13.2 Å². The lowest BCUT2D eigenvalue weighted by molar-refractivity contribution is -0.194. The van der Waals surface area contributed by atoms with E-state index in [0.29, 0.717) is 12.1 Å². The first-order chi connectivity index (χ1) is 10.8. The molecule has 3 rings (SSSR count). The smallest absolute Gasteiger partial charge is 0.397 e. The standard InChI is InChI=1S/C14H11ClF3N3O2/c15-12-9(7-22)1-2-10(19-12)21-6-3-11(20-21)23-8-13(4-5-13)14(16,17)18/h1-3,6-7H,4-5,8H2. The van der Waals surface area contributed by atoms with Gasteiger partial charge in [0.2, 0.25) is 5.88 Å². The zero-order chi connectivity index (χ0) is 16.7. The third kappa shape index (κ3) is 3.03. The molecule has 9 heteroatoms. The number of pyridine rings is 1. The Morgan fingerprint density at radius 2 is 2.09 bits per heavy atom. The predicted octanol–water partition coefficient (Wildman–Crippen LogP) is 3.45. The number of rotatable bonds is 5. The van der Waals surface area contributed by atoms with Crippen LogP contribution in [0.3, 0.4) is 0 Å². The fourth-order valence-electron chi connectivity index (χ4n) is 2.04. The second-order valence-corrected chi connectivity index (χ2v) is 5.69. The van der Waals surface area contributed by atoms with Crippen molar-refractivity contribution in [3.8, 4) is 11.7 Å². The van der Waals surface area contributed by atoms with Crippen LogP contribution < -0.4 is 4.74 Å². The maximum absolute atomic E-state index is 12.8. The van der Waals surface area contributed by atoms with Crippen molar-refractivity contribution < 1.29 is 22.7 Å². The number of nitrogens with zero attached hydrogens (tertiary/aromatic N) is 3. The van der Waals surface area contributed by atoms with Gasteiger partial charge >= 0.3 is 6.18 Å². The van der Waals surface area contributed by atoms with Crippen LogP contribution >= 0.6 is 11.6 Å². The molecule has 2 heterocycles. The number of carbonyl (C=O) groups excluding carboxylic acids is 1. The summed E-state index contributed by atoms with van der Waals surface area (Å²) in [6.07, 6.45) is -2.07. The summed E-state index contributed by atoms with van der Waals surface area (Å²) in [4.78, 5) is 14.7. The Labute approximate surface area is 134 Å². The molecule has 0 aromatic carbocycles. The quantitative estimate of drug-likeness (QED) is 0.615. The predicted molar refractivity (Wildman–Crippen MR) is 75.0 cm³/mol. The Balaban J connectivity index is 1.71. The minimum Gasteiger partial charge on any atom is -0.476 e. The Morgan fingerprint density at radius 3 is 2.65 bits per heavy atom. The Kier molecular flexibility index (Phi) is 3.79. The monoisotopic (exact) mass is 345 g/mol. The van der Waals surface area contributed by atoms with Crippen molar-refractivity contribution in [3.63, 3.8) is 0 Å². The van der Waals surface area contributed by atoms with Gasteiger partial charge in [-0.25, -0.2) is 9.67 Å². The molecule has 0 N–H and O–H groups in total. The summed E-state index contributed by atoms with van der Waals surface area (Å²) in [6, 6.07) is 4.43. The minimum absolute atomic E-state index is 0.0180. The van der Waals surface area contributed by atoms with E-state index in [0.717, 1.165) is 0 Å². The molecule has 0 atom stereocenters. The maximum atomic E-state index is 12.8. The van der Waals surface area contributed by atoms with Gasteiger partial charge < -0.3 is 4.74 Å². The molecule has 1 fully saturated rings. The van der Waals surface area contributed by atoms with Gasteiger partial charge in [0.25, 0.3) is 0 Å². The lowest BCUT2D eigenvalue weighted by atomic mass is 10.1. The van der Waals surface area contributed by atoms with Crippen LogP contribution in [0.5, 0.6) is 5.88 Å². The van der Waals surface area contributed by atoms with Gasteiger partial charge in [-0.1, -0.05) is 11.6 Å². The molecular weight excluding hydrogens is 335 g/mol. The van der Waals surface area contributed by atoms with Crippen molar-refractivity contribution in [2.45, 2.75) is 19.0 Å². The van der Waals surface area contributed by atoms with E-state index in [1.165, 1.54) is 29.1 Å². The number of alkyl halides is 3. The molecule has 0 saturated heterocycles. The summed E-state index contributed by atoms with van der Waals surface area (Å²) in [5.74, 6) is 0.394. The third-order valence-corrected chi connectivity index (χ3v) is 4.04. The summed E-state index contributed by atoms with van der Waals surface area (Å²) in [5.41, 5.74) is -1.51. The van der Waals surface area contributed by atoms with Crippen LogP contribution in [-0.4, -0.2) is 33.8 Å². The average molecular weight is 346 g/mol. The summed E-state index contributed by atoms with van der Waals surface area (Å²) >= 11 is 5.83. The topological polar surface area (TPSA) is 57.0 Å². The highest BCUT2D eigenvalue weighted by Crippen LogP contribution is 2.57. The number of hydrogen-bond acceptors (Lipinski definition) is 4. The summed E-state index contributed by atoms with van der Waals surface area (Å²) < 4.78 is 45.0. The van der Waals surface area contributed by atoms with Crippen LogP contribution in [0.25, 0.3) is 5.82 Å². The molecule has 0 radical (unpaired) electrons. The highest BCUT2D eigenvalue weighted by atomic mass is 35.5. The molecule has 0 aliphatic heterocycles. The second kappa shape index (κ2) is 5.52. The van der Waals surface area contributed by atoms with Gasteiger partial charge in [-0.05, 0) is 25.0 Å². The first-order valence-corrected chi connectivity index (χ1v) is 7.10. The van der Waals surface area contributed by atoms with E-state index in [1.807, 2.05) is 0 Å². The highest BCUT2D eigenvalue weighted by Gasteiger charge is 2.63. The molecular formula is C14H11ClF3N3O2. The van der Waals surface area contributed by atoms with E-state index in [-0.39, 0.29) is 29.4 Å². The largest absolute Gasteiger partial charge is 0.476 e. The maximum Gasteiger partial charge on any atom is 0.397 e. The van der Waals surface area contributed by atoms with E-state index >= 15 is 0 Å². The first-order valence-electron chi connectivity index (χ1n) is 6.72. The number of aromatic nitrogens is 3. The van der Waals surface area contributed by atoms with Crippen LogP contribution in [0.2, 0.25) is 5.15 Å². The lowest BCUT2D eigenvalue weighted by Gasteiger charge is -2.18. The van der Waals surface area contributed by atoms with E-state index in [9.17, 15) is 18.0 Å². The molecule has 23 heavy (non-hydrogen) atoms. The van der Waals surface area contributed by atoms with E-state index in [2.05, 4.69) is 10.1 Å². The van der Waals surface area contributed by atoms with Crippen LogP contribution in [0.1, 0.15) is 23.2 Å².